The first-order valence-corrected chi connectivity index (χ1v) is 6.82. The zero-order valence-electron chi connectivity index (χ0n) is 10.9. The van der Waals surface area contributed by atoms with Gasteiger partial charge in [-0.2, -0.15) is 0 Å². The van der Waals surface area contributed by atoms with E-state index in [1.807, 2.05) is 6.92 Å². The zero-order valence-corrected chi connectivity index (χ0v) is 10.9. The molecule has 0 spiro atoms. The van der Waals surface area contributed by atoms with E-state index in [4.69, 9.17) is 4.63 Å². The molecule has 1 aromatic rings. The van der Waals surface area contributed by atoms with Gasteiger partial charge in [0.1, 0.15) is 11.4 Å². The minimum absolute atomic E-state index is 0.617. The number of aryl methyl sites for hydroxylation is 1. The smallest absolute Gasteiger partial charge is 0.121 e. The molecule has 0 aliphatic heterocycles. The molecular formula is C13H23N3O. The fourth-order valence-electron chi connectivity index (χ4n) is 2.82. The van der Waals surface area contributed by atoms with E-state index in [-0.39, 0.29) is 0 Å². The summed E-state index contributed by atoms with van der Waals surface area (Å²) < 4.78 is 4.72. The summed E-state index contributed by atoms with van der Waals surface area (Å²) in [6, 6.07) is 0.617. The van der Waals surface area contributed by atoms with E-state index < -0.39 is 0 Å². The van der Waals surface area contributed by atoms with E-state index in [2.05, 4.69) is 22.6 Å². The van der Waals surface area contributed by atoms with Crippen molar-refractivity contribution in [3.05, 3.63) is 11.4 Å². The SMILES string of the molecule is CCC(NCc1nonc1C)C1CCCCC1. The van der Waals surface area contributed by atoms with Crippen LogP contribution < -0.4 is 5.32 Å². The minimum atomic E-state index is 0.617. The van der Waals surface area contributed by atoms with Gasteiger partial charge in [0.05, 0.1) is 0 Å². The van der Waals surface area contributed by atoms with Gasteiger partial charge in [-0.25, -0.2) is 4.63 Å². The summed E-state index contributed by atoms with van der Waals surface area (Å²) in [5.74, 6) is 0.842. The van der Waals surface area contributed by atoms with E-state index >= 15 is 0 Å². The average molecular weight is 237 g/mol. The van der Waals surface area contributed by atoms with Crippen LogP contribution in [0.4, 0.5) is 0 Å². The lowest BCUT2D eigenvalue weighted by molar-refractivity contribution is 0.258. The van der Waals surface area contributed by atoms with E-state index in [0.29, 0.717) is 6.04 Å². The van der Waals surface area contributed by atoms with Crippen molar-refractivity contribution in [3.63, 3.8) is 0 Å². The molecule has 0 saturated heterocycles. The molecule has 4 nitrogen and oxygen atoms in total. The topological polar surface area (TPSA) is 51.0 Å². The third-order valence-corrected chi connectivity index (χ3v) is 3.94. The van der Waals surface area contributed by atoms with Crippen LogP contribution in [0.25, 0.3) is 0 Å². The van der Waals surface area contributed by atoms with Crippen LogP contribution in [-0.4, -0.2) is 16.4 Å². The van der Waals surface area contributed by atoms with Gasteiger partial charge in [0.25, 0.3) is 0 Å². The Kier molecular flexibility index (Phi) is 4.54. The van der Waals surface area contributed by atoms with Crippen LogP contribution in [-0.2, 0) is 6.54 Å². The molecule has 1 fully saturated rings. The van der Waals surface area contributed by atoms with Gasteiger partial charge >= 0.3 is 0 Å². The standard InChI is InChI=1S/C13H23N3O/c1-3-12(11-7-5-4-6-8-11)14-9-13-10(2)15-17-16-13/h11-12,14H,3-9H2,1-2H3. The molecule has 1 aromatic heterocycles. The van der Waals surface area contributed by atoms with E-state index in [9.17, 15) is 0 Å². The van der Waals surface area contributed by atoms with Crippen LogP contribution in [0.2, 0.25) is 0 Å². The minimum Gasteiger partial charge on any atom is -0.308 e. The van der Waals surface area contributed by atoms with Crippen LogP contribution in [0.3, 0.4) is 0 Å². The molecule has 0 amide bonds. The summed E-state index contributed by atoms with van der Waals surface area (Å²) in [6.45, 7) is 4.99. The fourth-order valence-corrected chi connectivity index (χ4v) is 2.82. The molecule has 1 atom stereocenters. The third-order valence-electron chi connectivity index (χ3n) is 3.94. The molecular weight excluding hydrogens is 214 g/mol. The Morgan fingerprint density at radius 3 is 2.65 bits per heavy atom. The Labute approximate surface area is 103 Å². The van der Waals surface area contributed by atoms with Gasteiger partial charge in [-0.15, -0.1) is 0 Å². The van der Waals surface area contributed by atoms with Crippen LogP contribution in [0.1, 0.15) is 56.8 Å². The number of hydrogen-bond acceptors (Lipinski definition) is 4. The molecule has 1 heterocycles. The summed E-state index contributed by atoms with van der Waals surface area (Å²) in [6.07, 6.45) is 8.15. The van der Waals surface area contributed by atoms with Crippen molar-refractivity contribution in [2.45, 2.75) is 65.0 Å². The summed E-state index contributed by atoms with van der Waals surface area (Å²) in [5, 5.41) is 11.3. The van der Waals surface area contributed by atoms with Crippen LogP contribution in [0.5, 0.6) is 0 Å². The number of nitrogens with one attached hydrogen (secondary N) is 1. The molecule has 1 unspecified atom stereocenters. The molecule has 1 aliphatic rings. The number of rotatable bonds is 5. The first-order valence-electron chi connectivity index (χ1n) is 6.82. The van der Waals surface area contributed by atoms with E-state index in [1.54, 1.807) is 0 Å². The van der Waals surface area contributed by atoms with E-state index in [0.717, 1.165) is 23.9 Å². The predicted molar refractivity (Wildman–Crippen MR) is 66.5 cm³/mol. The lowest BCUT2D eigenvalue weighted by atomic mass is 9.83. The monoisotopic (exact) mass is 237 g/mol. The number of nitrogens with zero attached hydrogens (tertiary/aromatic N) is 2. The highest BCUT2D eigenvalue weighted by Crippen LogP contribution is 2.27. The summed E-state index contributed by atoms with van der Waals surface area (Å²) in [4.78, 5) is 0. The Morgan fingerprint density at radius 2 is 2.06 bits per heavy atom. The molecule has 1 N–H and O–H groups in total. The van der Waals surface area contributed by atoms with Gasteiger partial charge < -0.3 is 5.32 Å². The maximum Gasteiger partial charge on any atom is 0.121 e. The first kappa shape index (κ1) is 12.6. The highest BCUT2D eigenvalue weighted by molar-refractivity contribution is 5.04. The van der Waals surface area contributed by atoms with Crippen molar-refractivity contribution < 1.29 is 4.63 Å². The highest BCUT2D eigenvalue weighted by atomic mass is 16.6. The molecule has 1 saturated carbocycles. The summed E-state index contributed by atoms with van der Waals surface area (Å²) in [7, 11) is 0. The molecule has 0 radical (unpaired) electrons. The number of hydrogen-bond donors (Lipinski definition) is 1. The first-order chi connectivity index (χ1) is 8.31. The maximum atomic E-state index is 4.72. The molecule has 96 valence electrons. The summed E-state index contributed by atoms with van der Waals surface area (Å²) in [5.41, 5.74) is 1.84. The number of aromatic nitrogens is 2. The van der Waals surface area contributed by atoms with Gasteiger partial charge in [0.15, 0.2) is 0 Å². The van der Waals surface area contributed by atoms with Gasteiger partial charge in [-0.05, 0) is 32.1 Å². The Hall–Kier alpha value is -0.900. The van der Waals surface area contributed by atoms with Crippen molar-refractivity contribution in [1.82, 2.24) is 15.6 Å². The van der Waals surface area contributed by atoms with E-state index in [1.165, 1.54) is 38.5 Å². The normalized spacial score (nSPS) is 19.4. The van der Waals surface area contributed by atoms with Crippen LogP contribution in [0, 0.1) is 12.8 Å². The fraction of sp³-hybridized carbons (Fsp3) is 0.846. The lowest BCUT2D eigenvalue weighted by Crippen LogP contribution is -2.36. The van der Waals surface area contributed by atoms with Crippen molar-refractivity contribution in [1.29, 1.82) is 0 Å². The lowest BCUT2D eigenvalue weighted by Gasteiger charge is -2.30. The maximum absolute atomic E-state index is 4.72. The van der Waals surface area contributed by atoms with Gasteiger partial charge in [0, 0.05) is 12.6 Å². The van der Waals surface area contributed by atoms with Crippen molar-refractivity contribution in [3.8, 4) is 0 Å². The molecule has 1 aliphatic carbocycles. The predicted octanol–water partition coefficient (Wildman–Crippen LogP) is 2.83. The second kappa shape index (κ2) is 6.15. The summed E-state index contributed by atoms with van der Waals surface area (Å²) >= 11 is 0. The van der Waals surface area contributed by atoms with Gasteiger partial charge in [0.2, 0.25) is 0 Å². The molecule has 0 aromatic carbocycles. The quantitative estimate of drug-likeness (QED) is 0.855. The molecule has 4 heteroatoms. The molecule has 2 rings (SSSR count). The van der Waals surface area contributed by atoms with Gasteiger partial charge in [-0.1, -0.05) is 36.5 Å². The molecule has 17 heavy (non-hydrogen) atoms. The molecule has 0 bridgehead atoms. The van der Waals surface area contributed by atoms with Crippen molar-refractivity contribution in [2.24, 2.45) is 5.92 Å². The zero-order chi connectivity index (χ0) is 12.1. The Bertz CT molecular complexity index is 331. The Balaban J connectivity index is 1.84. The van der Waals surface area contributed by atoms with Crippen LogP contribution >= 0.6 is 0 Å². The second-order valence-electron chi connectivity index (χ2n) is 5.09. The van der Waals surface area contributed by atoms with Crippen molar-refractivity contribution >= 4 is 0 Å². The highest BCUT2D eigenvalue weighted by Gasteiger charge is 2.22. The second-order valence-corrected chi connectivity index (χ2v) is 5.09. The Morgan fingerprint density at radius 1 is 1.29 bits per heavy atom. The third kappa shape index (κ3) is 3.28. The largest absolute Gasteiger partial charge is 0.308 e. The van der Waals surface area contributed by atoms with Gasteiger partial charge in [-0.3, -0.25) is 0 Å². The average Bonchev–Trinajstić information content (AvgIpc) is 2.77. The van der Waals surface area contributed by atoms with Crippen LogP contribution in [0.15, 0.2) is 4.63 Å². The van der Waals surface area contributed by atoms with Crippen molar-refractivity contribution in [2.75, 3.05) is 0 Å².